The minimum absolute atomic E-state index is 0.166. The number of pyridine rings is 1. The summed E-state index contributed by atoms with van der Waals surface area (Å²) in [4.78, 5) is 8.43. The summed E-state index contributed by atoms with van der Waals surface area (Å²) in [5, 5.41) is 6.79. The van der Waals surface area contributed by atoms with Gasteiger partial charge in [-0.25, -0.2) is 0 Å². The first-order valence-electron chi connectivity index (χ1n) is 7.73. The van der Waals surface area contributed by atoms with Crippen molar-refractivity contribution in [3.63, 3.8) is 0 Å². The van der Waals surface area contributed by atoms with Crippen molar-refractivity contribution in [2.75, 3.05) is 13.6 Å². The second-order valence-electron chi connectivity index (χ2n) is 5.44. The Bertz CT molecular complexity index is 670. The molecule has 0 spiro atoms. The monoisotopic (exact) mass is 374 g/mol. The number of guanidine groups is 1. The topological polar surface area (TPSA) is 49.3 Å². The van der Waals surface area contributed by atoms with Gasteiger partial charge in [-0.1, -0.05) is 34.1 Å². The largest absolute Gasteiger partial charge is 0.356 e. The Hall–Kier alpha value is -1.88. The van der Waals surface area contributed by atoms with Gasteiger partial charge in [0, 0.05) is 30.5 Å². The van der Waals surface area contributed by atoms with Gasteiger partial charge in [0.25, 0.3) is 0 Å². The molecule has 0 aliphatic carbocycles. The van der Waals surface area contributed by atoms with Crippen LogP contribution >= 0.6 is 15.9 Å². The minimum Gasteiger partial charge on any atom is -0.356 e. The molecule has 0 bridgehead atoms. The van der Waals surface area contributed by atoms with Crippen LogP contribution in [-0.4, -0.2) is 24.5 Å². The third-order valence-corrected chi connectivity index (χ3v) is 4.49. The van der Waals surface area contributed by atoms with Gasteiger partial charge >= 0.3 is 0 Å². The molecule has 0 saturated heterocycles. The second-order valence-corrected chi connectivity index (χ2v) is 6.29. The zero-order valence-electron chi connectivity index (χ0n) is 13.8. The lowest BCUT2D eigenvalue weighted by Crippen LogP contribution is -2.39. The molecule has 1 aromatic carbocycles. The highest BCUT2D eigenvalue weighted by molar-refractivity contribution is 9.10. The third-order valence-electron chi connectivity index (χ3n) is 3.77. The van der Waals surface area contributed by atoms with E-state index in [9.17, 15) is 0 Å². The second kappa shape index (κ2) is 8.67. The standard InChI is InChI=1S/C18H23BrN4/c1-13-12-21-10-8-15(13)9-11-22-18(20-3)23-14(2)16-6-4-5-7-17(16)19/h4-8,10,12,14H,9,11H2,1-3H3,(H2,20,22,23). The lowest BCUT2D eigenvalue weighted by Gasteiger charge is -2.19. The molecule has 5 heteroatoms. The van der Waals surface area contributed by atoms with E-state index in [1.165, 1.54) is 16.7 Å². The lowest BCUT2D eigenvalue weighted by molar-refractivity contribution is 0.681. The summed E-state index contributed by atoms with van der Waals surface area (Å²) in [5.41, 5.74) is 3.74. The van der Waals surface area contributed by atoms with Crippen LogP contribution in [0.25, 0.3) is 0 Å². The smallest absolute Gasteiger partial charge is 0.191 e. The van der Waals surface area contributed by atoms with Crippen molar-refractivity contribution in [3.8, 4) is 0 Å². The number of benzene rings is 1. The van der Waals surface area contributed by atoms with E-state index in [0.29, 0.717) is 0 Å². The molecule has 0 aliphatic rings. The van der Waals surface area contributed by atoms with Crippen molar-refractivity contribution in [2.24, 2.45) is 4.99 Å². The van der Waals surface area contributed by atoms with Gasteiger partial charge in [0.05, 0.1) is 6.04 Å². The summed E-state index contributed by atoms with van der Waals surface area (Å²) < 4.78 is 1.10. The van der Waals surface area contributed by atoms with Crippen LogP contribution in [0.2, 0.25) is 0 Å². The number of nitrogens with one attached hydrogen (secondary N) is 2. The molecule has 4 nitrogen and oxygen atoms in total. The Kier molecular flexibility index (Phi) is 6.59. The summed E-state index contributed by atoms with van der Waals surface area (Å²) in [6.45, 7) is 5.04. The van der Waals surface area contributed by atoms with Crippen molar-refractivity contribution in [1.29, 1.82) is 0 Å². The van der Waals surface area contributed by atoms with Crippen LogP contribution in [0, 0.1) is 6.92 Å². The molecule has 1 unspecified atom stereocenters. The van der Waals surface area contributed by atoms with Gasteiger partial charge in [-0.15, -0.1) is 0 Å². The number of rotatable bonds is 5. The number of halogens is 1. The Balaban J connectivity index is 1.89. The van der Waals surface area contributed by atoms with Gasteiger partial charge < -0.3 is 10.6 Å². The molecule has 2 rings (SSSR count). The van der Waals surface area contributed by atoms with Crippen LogP contribution < -0.4 is 10.6 Å². The Morgan fingerprint density at radius 3 is 2.78 bits per heavy atom. The highest BCUT2D eigenvalue weighted by Gasteiger charge is 2.10. The first kappa shape index (κ1) is 17.5. The van der Waals surface area contributed by atoms with Crippen molar-refractivity contribution < 1.29 is 0 Å². The Labute approximate surface area is 146 Å². The SMILES string of the molecule is CN=C(NCCc1ccncc1C)NC(C)c1ccccc1Br. The molecule has 0 saturated carbocycles. The molecule has 0 radical (unpaired) electrons. The molecule has 122 valence electrons. The molecule has 1 aromatic heterocycles. The van der Waals surface area contributed by atoms with Gasteiger partial charge in [0.15, 0.2) is 5.96 Å². The van der Waals surface area contributed by atoms with E-state index in [1.54, 1.807) is 7.05 Å². The number of aryl methyl sites for hydroxylation is 1. The van der Waals surface area contributed by atoms with E-state index in [2.05, 4.69) is 68.6 Å². The van der Waals surface area contributed by atoms with Crippen LogP contribution in [0.15, 0.2) is 52.2 Å². The van der Waals surface area contributed by atoms with Gasteiger partial charge in [0.2, 0.25) is 0 Å². The van der Waals surface area contributed by atoms with E-state index in [4.69, 9.17) is 0 Å². The predicted molar refractivity (Wildman–Crippen MR) is 99.7 cm³/mol. The van der Waals surface area contributed by atoms with E-state index >= 15 is 0 Å². The van der Waals surface area contributed by atoms with Crippen molar-refractivity contribution >= 4 is 21.9 Å². The third kappa shape index (κ3) is 5.06. The Morgan fingerprint density at radius 2 is 2.09 bits per heavy atom. The maximum absolute atomic E-state index is 4.30. The normalized spacial score (nSPS) is 12.8. The molecule has 1 heterocycles. The number of hydrogen-bond acceptors (Lipinski definition) is 2. The van der Waals surface area contributed by atoms with E-state index < -0.39 is 0 Å². The van der Waals surface area contributed by atoms with Crippen molar-refractivity contribution in [2.45, 2.75) is 26.3 Å². The number of aromatic nitrogens is 1. The Morgan fingerprint density at radius 1 is 1.30 bits per heavy atom. The molecule has 0 aliphatic heterocycles. The average Bonchev–Trinajstić information content (AvgIpc) is 2.56. The van der Waals surface area contributed by atoms with Gasteiger partial charge in [0.1, 0.15) is 0 Å². The molecule has 0 amide bonds. The van der Waals surface area contributed by atoms with E-state index in [0.717, 1.165) is 23.4 Å². The fourth-order valence-electron chi connectivity index (χ4n) is 2.40. The highest BCUT2D eigenvalue weighted by atomic mass is 79.9. The van der Waals surface area contributed by atoms with Gasteiger partial charge in [-0.3, -0.25) is 9.98 Å². The zero-order valence-corrected chi connectivity index (χ0v) is 15.4. The summed E-state index contributed by atoms with van der Waals surface area (Å²) in [6, 6.07) is 10.5. The quantitative estimate of drug-likeness (QED) is 0.620. The van der Waals surface area contributed by atoms with Crippen LogP contribution in [0.1, 0.15) is 29.7 Å². The van der Waals surface area contributed by atoms with E-state index in [1.807, 2.05) is 24.5 Å². The fraction of sp³-hybridized carbons (Fsp3) is 0.333. The summed E-state index contributed by atoms with van der Waals surface area (Å²) >= 11 is 3.59. The number of hydrogen-bond donors (Lipinski definition) is 2. The zero-order chi connectivity index (χ0) is 16.7. The lowest BCUT2D eigenvalue weighted by atomic mass is 10.1. The molecule has 1 atom stereocenters. The summed E-state index contributed by atoms with van der Waals surface area (Å²) in [6.07, 6.45) is 4.68. The fourth-order valence-corrected chi connectivity index (χ4v) is 3.03. The predicted octanol–water partition coefficient (Wildman–Crippen LogP) is 3.62. The highest BCUT2D eigenvalue weighted by Crippen LogP contribution is 2.22. The molecule has 0 fully saturated rings. The first-order valence-corrected chi connectivity index (χ1v) is 8.52. The minimum atomic E-state index is 0.166. The van der Waals surface area contributed by atoms with Crippen LogP contribution in [-0.2, 0) is 6.42 Å². The number of nitrogens with zero attached hydrogens (tertiary/aromatic N) is 2. The first-order chi connectivity index (χ1) is 11.1. The molecular formula is C18H23BrN4. The molecule has 23 heavy (non-hydrogen) atoms. The molecular weight excluding hydrogens is 352 g/mol. The van der Waals surface area contributed by atoms with E-state index in [-0.39, 0.29) is 6.04 Å². The molecule has 2 aromatic rings. The molecule has 2 N–H and O–H groups in total. The van der Waals surface area contributed by atoms with Crippen LogP contribution in [0.5, 0.6) is 0 Å². The summed E-state index contributed by atoms with van der Waals surface area (Å²) in [5.74, 6) is 0.806. The maximum atomic E-state index is 4.30. The number of aliphatic imine (C=N–C) groups is 1. The summed E-state index contributed by atoms with van der Waals surface area (Å²) in [7, 11) is 1.79. The maximum Gasteiger partial charge on any atom is 0.191 e. The van der Waals surface area contributed by atoms with Gasteiger partial charge in [-0.05, 0) is 49.1 Å². The average molecular weight is 375 g/mol. The van der Waals surface area contributed by atoms with Crippen molar-refractivity contribution in [1.82, 2.24) is 15.6 Å². The van der Waals surface area contributed by atoms with Crippen LogP contribution in [0.3, 0.4) is 0 Å². The van der Waals surface area contributed by atoms with Crippen LogP contribution in [0.4, 0.5) is 0 Å². The van der Waals surface area contributed by atoms with Gasteiger partial charge in [-0.2, -0.15) is 0 Å². The van der Waals surface area contributed by atoms with Crippen molar-refractivity contribution in [3.05, 3.63) is 63.9 Å².